The number of phenols is 1. The fraction of sp³-hybridized carbons (Fsp3) is 0.812. The minimum Gasteiger partial charge on any atom is -0.506 e. The molecule has 1 aromatic rings. The zero-order chi connectivity index (χ0) is 25.6. The molecule has 0 aliphatic rings. The summed E-state index contributed by atoms with van der Waals surface area (Å²) >= 11 is 3.87. The number of thioether (sulfide) groups is 2. The van der Waals surface area contributed by atoms with Gasteiger partial charge in [0.1, 0.15) is 5.75 Å². The van der Waals surface area contributed by atoms with Crippen molar-refractivity contribution in [3.8, 4) is 5.75 Å². The maximum atomic E-state index is 10.7. The van der Waals surface area contributed by atoms with Gasteiger partial charge in [-0.15, -0.1) is 23.5 Å². The highest BCUT2D eigenvalue weighted by Gasteiger charge is 2.13. The van der Waals surface area contributed by atoms with Gasteiger partial charge < -0.3 is 5.11 Å². The van der Waals surface area contributed by atoms with E-state index in [1.54, 1.807) is 0 Å². The first-order valence-electron chi connectivity index (χ1n) is 15.2. The Morgan fingerprint density at radius 1 is 0.543 bits per heavy atom. The first-order chi connectivity index (χ1) is 17.1. The standard InChI is InChI=1S/C32H58OS2/c1-5-7-9-11-13-15-17-19-21-23-25-34-30-27-28(3)31(33)32(29(30)4)35-26-24-22-20-18-16-14-12-10-8-6-2/h27,33H,5-26H2,1-4H3. The monoisotopic (exact) mass is 522 g/mol. The van der Waals surface area contributed by atoms with Gasteiger partial charge >= 0.3 is 0 Å². The predicted molar refractivity (Wildman–Crippen MR) is 163 cm³/mol. The van der Waals surface area contributed by atoms with E-state index in [1.165, 1.54) is 145 Å². The molecular formula is C32H58OS2. The second-order valence-corrected chi connectivity index (χ2v) is 12.8. The predicted octanol–water partition coefficient (Wildman–Crippen LogP) is 12.0. The minimum atomic E-state index is 0.517. The van der Waals surface area contributed by atoms with Gasteiger partial charge in [-0.3, -0.25) is 0 Å². The van der Waals surface area contributed by atoms with Crippen molar-refractivity contribution >= 4 is 23.5 Å². The van der Waals surface area contributed by atoms with Gasteiger partial charge in [0.05, 0.1) is 4.90 Å². The van der Waals surface area contributed by atoms with Crippen LogP contribution in [0.2, 0.25) is 0 Å². The number of phenolic OH excluding ortho intramolecular Hbond substituents is 1. The molecule has 3 heteroatoms. The fourth-order valence-corrected chi connectivity index (χ4v) is 7.09. The Hall–Kier alpha value is -0.280. The summed E-state index contributed by atoms with van der Waals surface area (Å²) in [4.78, 5) is 2.51. The summed E-state index contributed by atoms with van der Waals surface area (Å²) in [5, 5.41) is 10.7. The Balaban J connectivity index is 2.21. The summed E-state index contributed by atoms with van der Waals surface area (Å²) in [6.45, 7) is 8.85. The molecule has 0 radical (unpaired) electrons. The van der Waals surface area contributed by atoms with Crippen LogP contribution in [0.15, 0.2) is 15.9 Å². The molecular weight excluding hydrogens is 464 g/mol. The molecule has 0 saturated heterocycles. The van der Waals surface area contributed by atoms with E-state index in [0.29, 0.717) is 5.75 Å². The largest absolute Gasteiger partial charge is 0.506 e. The van der Waals surface area contributed by atoms with Crippen LogP contribution in [0.1, 0.15) is 153 Å². The highest BCUT2D eigenvalue weighted by Crippen LogP contribution is 2.40. The van der Waals surface area contributed by atoms with E-state index in [9.17, 15) is 5.11 Å². The summed E-state index contributed by atoms with van der Waals surface area (Å²) in [6, 6.07) is 2.20. The molecule has 0 spiro atoms. The summed E-state index contributed by atoms with van der Waals surface area (Å²) in [5.74, 6) is 2.84. The van der Waals surface area contributed by atoms with Crippen LogP contribution in [0, 0.1) is 13.8 Å². The Labute approximate surface area is 228 Å². The molecule has 0 aromatic heterocycles. The highest BCUT2D eigenvalue weighted by molar-refractivity contribution is 8.00. The van der Waals surface area contributed by atoms with E-state index < -0.39 is 0 Å². The molecule has 1 N–H and O–H groups in total. The number of unbranched alkanes of at least 4 members (excludes halogenated alkanes) is 18. The molecule has 0 heterocycles. The molecule has 0 atom stereocenters. The lowest BCUT2D eigenvalue weighted by Gasteiger charge is -2.15. The van der Waals surface area contributed by atoms with Crippen molar-refractivity contribution in [1.82, 2.24) is 0 Å². The van der Waals surface area contributed by atoms with E-state index >= 15 is 0 Å². The lowest BCUT2D eigenvalue weighted by atomic mass is 10.1. The number of aromatic hydroxyl groups is 1. The van der Waals surface area contributed by atoms with Gasteiger partial charge in [-0.2, -0.15) is 0 Å². The Kier molecular flexibility index (Phi) is 21.4. The topological polar surface area (TPSA) is 20.2 Å². The highest BCUT2D eigenvalue weighted by atomic mass is 32.2. The zero-order valence-corrected chi connectivity index (χ0v) is 25.5. The van der Waals surface area contributed by atoms with Crippen molar-refractivity contribution in [2.45, 2.75) is 166 Å². The number of hydrogen-bond donors (Lipinski definition) is 1. The third-order valence-corrected chi connectivity index (χ3v) is 9.65. The van der Waals surface area contributed by atoms with Crippen molar-refractivity contribution in [3.63, 3.8) is 0 Å². The van der Waals surface area contributed by atoms with Crippen molar-refractivity contribution in [2.75, 3.05) is 11.5 Å². The second kappa shape index (κ2) is 22.9. The van der Waals surface area contributed by atoms with E-state index in [4.69, 9.17) is 0 Å². The maximum absolute atomic E-state index is 10.7. The summed E-state index contributed by atoms with van der Waals surface area (Å²) in [7, 11) is 0. The van der Waals surface area contributed by atoms with E-state index in [2.05, 4.69) is 33.8 Å². The molecule has 0 saturated carbocycles. The molecule has 1 nitrogen and oxygen atoms in total. The lowest BCUT2D eigenvalue weighted by molar-refractivity contribution is 0.456. The number of aryl methyl sites for hydroxylation is 1. The van der Waals surface area contributed by atoms with E-state index in [0.717, 1.165) is 16.2 Å². The Morgan fingerprint density at radius 2 is 0.914 bits per heavy atom. The molecule has 35 heavy (non-hydrogen) atoms. The average Bonchev–Trinajstić information content (AvgIpc) is 2.85. The van der Waals surface area contributed by atoms with E-state index in [1.807, 2.05) is 23.5 Å². The van der Waals surface area contributed by atoms with Gasteiger partial charge in [-0.05, 0) is 55.4 Å². The molecule has 0 amide bonds. The van der Waals surface area contributed by atoms with Crippen LogP contribution in [0.25, 0.3) is 0 Å². The van der Waals surface area contributed by atoms with Crippen LogP contribution in [0.5, 0.6) is 5.75 Å². The maximum Gasteiger partial charge on any atom is 0.132 e. The van der Waals surface area contributed by atoms with Gasteiger partial charge in [0.25, 0.3) is 0 Å². The molecule has 204 valence electrons. The molecule has 0 bridgehead atoms. The molecule has 0 fully saturated rings. The molecule has 0 aliphatic heterocycles. The van der Waals surface area contributed by atoms with Crippen LogP contribution >= 0.6 is 23.5 Å². The van der Waals surface area contributed by atoms with Gasteiger partial charge in [0, 0.05) is 4.90 Å². The van der Waals surface area contributed by atoms with Crippen LogP contribution in [-0.4, -0.2) is 16.6 Å². The van der Waals surface area contributed by atoms with Crippen LogP contribution in [-0.2, 0) is 0 Å². The lowest BCUT2D eigenvalue weighted by Crippen LogP contribution is -1.92. The Morgan fingerprint density at radius 3 is 1.34 bits per heavy atom. The van der Waals surface area contributed by atoms with E-state index in [-0.39, 0.29) is 0 Å². The SMILES string of the molecule is CCCCCCCCCCCCSc1cc(C)c(O)c(SCCCCCCCCCCCC)c1C. The van der Waals surface area contributed by atoms with Gasteiger partial charge in [-0.25, -0.2) is 0 Å². The summed E-state index contributed by atoms with van der Waals surface area (Å²) in [6.07, 6.45) is 27.7. The number of rotatable bonds is 24. The third-order valence-electron chi connectivity index (χ3n) is 7.15. The molecule has 1 aromatic carbocycles. The minimum absolute atomic E-state index is 0.517. The molecule has 1 rings (SSSR count). The van der Waals surface area contributed by atoms with Gasteiger partial charge in [0.15, 0.2) is 0 Å². The quantitative estimate of drug-likeness (QED) is 0.108. The van der Waals surface area contributed by atoms with Gasteiger partial charge in [0.2, 0.25) is 0 Å². The third kappa shape index (κ3) is 16.2. The summed E-state index contributed by atoms with van der Waals surface area (Å²) in [5.41, 5.74) is 2.33. The number of benzene rings is 1. The smallest absolute Gasteiger partial charge is 0.132 e. The first kappa shape index (κ1) is 32.7. The second-order valence-electron chi connectivity index (χ2n) is 10.6. The van der Waals surface area contributed by atoms with Crippen molar-refractivity contribution in [1.29, 1.82) is 0 Å². The van der Waals surface area contributed by atoms with Crippen LogP contribution in [0.4, 0.5) is 0 Å². The summed E-state index contributed by atoms with van der Waals surface area (Å²) < 4.78 is 0. The first-order valence-corrected chi connectivity index (χ1v) is 17.2. The van der Waals surface area contributed by atoms with Crippen molar-refractivity contribution in [2.24, 2.45) is 0 Å². The Bertz CT molecular complexity index is 628. The molecule has 0 unspecified atom stereocenters. The molecule has 0 aliphatic carbocycles. The normalized spacial score (nSPS) is 11.4. The van der Waals surface area contributed by atoms with Crippen molar-refractivity contribution in [3.05, 3.63) is 17.2 Å². The fourth-order valence-electron chi connectivity index (χ4n) is 4.70. The van der Waals surface area contributed by atoms with Crippen LogP contribution in [0.3, 0.4) is 0 Å². The zero-order valence-electron chi connectivity index (χ0n) is 23.9. The van der Waals surface area contributed by atoms with Crippen LogP contribution < -0.4 is 0 Å². The average molecular weight is 523 g/mol. The number of hydrogen-bond acceptors (Lipinski definition) is 3. The van der Waals surface area contributed by atoms with Crippen molar-refractivity contribution < 1.29 is 5.11 Å². The van der Waals surface area contributed by atoms with Gasteiger partial charge in [-0.1, -0.05) is 129 Å².